The highest BCUT2D eigenvalue weighted by Gasteiger charge is 2.12. The number of anilines is 1. The molecule has 0 spiro atoms. The summed E-state index contributed by atoms with van der Waals surface area (Å²) in [5.41, 5.74) is 11.2. The van der Waals surface area contributed by atoms with Gasteiger partial charge in [0.15, 0.2) is 0 Å². The summed E-state index contributed by atoms with van der Waals surface area (Å²) in [6.07, 6.45) is 1.10. The molecule has 0 aliphatic heterocycles. The third-order valence-electron chi connectivity index (χ3n) is 3.02. The maximum absolute atomic E-state index is 5.71. The number of aromatic nitrogens is 2. The Hall–Kier alpha value is -1.77. The average molecular weight is 229 g/mol. The number of hydrogen-bond donors (Lipinski definition) is 1. The topological polar surface area (TPSA) is 43.8 Å². The van der Waals surface area contributed by atoms with Crippen molar-refractivity contribution < 1.29 is 0 Å². The Kier molecular flexibility index (Phi) is 3.18. The monoisotopic (exact) mass is 229 g/mol. The molecule has 90 valence electrons. The van der Waals surface area contributed by atoms with E-state index in [1.807, 2.05) is 12.1 Å². The molecule has 0 fully saturated rings. The molecule has 0 aliphatic carbocycles. The number of nitrogens with zero attached hydrogens (tertiary/aromatic N) is 2. The number of rotatable bonds is 3. The molecule has 2 rings (SSSR count). The molecule has 0 atom stereocenters. The molecule has 0 amide bonds. The summed E-state index contributed by atoms with van der Waals surface area (Å²) in [6.45, 7) is 7.33. The minimum absolute atomic E-state index is 0.796. The van der Waals surface area contributed by atoms with E-state index in [1.54, 1.807) is 0 Å². The molecule has 0 radical (unpaired) electrons. The fourth-order valence-electron chi connectivity index (χ4n) is 2.19. The van der Waals surface area contributed by atoms with Gasteiger partial charge in [-0.05, 0) is 38.0 Å². The average Bonchev–Trinajstić information content (AvgIpc) is 2.57. The van der Waals surface area contributed by atoms with Crippen LogP contribution in [0.25, 0.3) is 11.1 Å². The van der Waals surface area contributed by atoms with Gasteiger partial charge in [0.2, 0.25) is 0 Å². The summed E-state index contributed by atoms with van der Waals surface area (Å²) in [4.78, 5) is 0. The number of benzene rings is 1. The predicted molar refractivity (Wildman–Crippen MR) is 71.8 cm³/mol. The second kappa shape index (κ2) is 4.62. The van der Waals surface area contributed by atoms with Crippen molar-refractivity contribution >= 4 is 5.69 Å². The van der Waals surface area contributed by atoms with Gasteiger partial charge >= 0.3 is 0 Å². The number of nitrogen functional groups attached to an aromatic ring is 1. The molecule has 0 unspecified atom stereocenters. The van der Waals surface area contributed by atoms with Crippen molar-refractivity contribution in [3.05, 3.63) is 35.7 Å². The molecule has 0 saturated carbocycles. The van der Waals surface area contributed by atoms with E-state index in [-0.39, 0.29) is 0 Å². The molecular weight excluding hydrogens is 210 g/mol. The van der Waals surface area contributed by atoms with Crippen molar-refractivity contribution in [2.45, 2.75) is 33.7 Å². The van der Waals surface area contributed by atoms with Gasteiger partial charge in [-0.25, -0.2) is 0 Å². The lowest BCUT2D eigenvalue weighted by molar-refractivity contribution is 0.583. The number of nitrogens with two attached hydrogens (primary N) is 1. The quantitative estimate of drug-likeness (QED) is 0.822. The van der Waals surface area contributed by atoms with E-state index in [4.69, 9.17) is 5.73 Å². The summed E-state index contributed by atoms with van der Waals surface area (Å²) in [7, 11) is 0. The molecule has 17 heavy (non-hydrogen) atoms. The first-order valence-corrected chi connectivity index (χ1v) is 6.03. The normalized spacial score (nSPS) is 10.8. The highest BCUT2D eigenvalue weighted by molar-refractivity contribution is 5.69. The fraction of sp³-hybridized carbons (Fsp3) is 0.357. The zero-order chi connectivity index (χ0) is 12.4. The van der Waals surface area contributed by atoms with E-state index in [2.05, 4.69) is 42.7 Å². The lowest BCUT2D eigenvalue weighted by Crippen LogP contribution is -2.01. The lowest BCUT2D eigenvalue weighted by atomic mass is 10.0. The van der Waals surface area contributed by atoms with Crippen LogP contribution in [0.4, 0.5) is 5.69 Å². The third kappa shape index (κ3) is 2.18. The van der Waals surface area contributed by atoms with Crippen LogP contribution in [0.5, 0.6) is 0 Å². The van der Waals surface area contributed by atoms with Crippen molar-refractivity contribution in [1.29, 1.82) is 0 Å². The van der Waals surface area contributed by atoms with Crippen molar-refractivity contribution in [1.82, 2.24) is 9.78 Å². The van der Waals surface area contributed by atoms with Gasteiger partial charge < -0.3 is 5.73 Å². The minimum atomic E-state index is 0.796. The van der Waals surface area contributed by atoms with Gasteiger partial charge in [0.1, 0.15) is 0 Å². The van der Waals surface area contributed by atoms with Crippen LogP contribution in [0.2, 0.25) is 0 Å². The van der Waals surface area contributed by atoms with Crippen molar-refractivity contribution in [3.63, 3.8) is 0 Å². The van der Waals surface area contributed by atoms with Crippen LogP contribution >= 0.6 is 0 Å². The maximum atomic E-state index is 5.71. The van der Waals surface area contributed by atoms with E-state index >= 15 is 0 Å². The molecule has 1 aromatic carbocycles. The summed E-state index contributed by atoms with van der Waals surface area (Å²) in [6, 6.07) is 7.99. The first-order valence-electron chi connectivity index (χ1n) is 6.03. The van der Waals surface area contributed by atoms with E-state index in [0.717, 1.165) is 24.3 Å². The van der Waals surface area contributed by atoms with Crippen LogP contribution in [0.15, 0.2) is 24.3 Å². The summed E-state index contributed by atoms with van der Waals surface area (Å²) >= 11 is 0. The number of hydrogen-bond acceptors (Lipinski definition) is 2. The van der Waals surface area contributed by atoms with Crippen LogP contribution in [-0.4, -0.2) is 9.78 Å². The van der Waals surface area contributed by atoms with Gasteiger partial charge in [0, 0.05) is 23.5 Å². The standard InChI is InChI=1S/C14H19N3/c1-4-9-17-11(3)14(10(2)16-17)12-5-7-13(15)8-6-12/h5-8H,4,9,15H2,1-3H3. The minimum Gasteiger partial charge on any atom is -0.399 e. The Labute approximate surface area is 102 Å². The summed E-state index contributed by atoms with van der Waals surface area (Å²) < 4.78 is 2.08. The Morgan fingerprint density at radius 1 is 1.18 bits per heavy atom. The van der Waals surface area contributed by atoms with Crippen molar-refractivity contribution in [2.75, 3.05) is 5.73 Å². The molecule has 1 heterocycles. The Morgan fingerprint density at radius 2 is 1.82 bits per heavy atom. The third-order valence-corrected chi connectivity index (χ3v) is 3.02. The van der Waals surface area contributed by atoms with E-state index in [9.17, 15) is 0 Å². The molecule has 3 nitrogen and oxygen atoms in total. The smallest absolute Gasteiger partial charge is 0.0674 e. The molecule has 0 saturated heterocycles. The highest BCUT2D eigenvalue weighted by Crippen LogP contribution is 2.27. The Morgan fingerprint density at radius 3 is 2.41 bits per heavy atom. The van der Waals surface area contributed by atoms with Crippen molar-refractivity contribution in [3.8, 4) is 11.1 Å². The van der Waals surface area contributed by atoms with Gasteiger partial charge in [0.05, 0.1) is 5.69 Å². The second-order valence-corrected chi connectivity index (χ2v) is 4.39. The first kappa shape index (κ1) is 11.7. The highest BCUT2D eigenvalue weighted by atomic mass is 15.3. The van der Waals surface area contributed by atoms with Crippen molar-refractivity contribution in [2.24, 2.45) is 0 Å². The second-order valence-electron chi connectivity index (χ2n) is 4.39. The Balaban J connectivity index is 2.48. The van der Waals surface area contributed by atoms with Gasteiger partial charge in [-0.2, -0.15) is 5.10 Å². The molecule has 0 aliphatic rings. The Bertz CT molecular complexity index is 509. The summed E-state index contributed by atoms with van der Waals surface area (Å²) in [5.74, 6) is 0. The first-order chi connectivity index (χ1) is 8.13. The van der Waals surface area contributed by atoms with Gasteiger partial charge in [-0.15, -0.1) is 0 Å². The van der Waals surface area contributed by atoms with E-state index in [0.29, 0.717) is 0 Å². The van der Waals surface area contributed by atoms with Crippen LogP contribution in [0.3, 0.4) is 0 Å². The van der Waals surface area contributed by atoms with Crippen LogP contribution in [0.1, 0.15) is 24.7 Å². The van der Waals surface area contributed by atoms with Gasteiger partial charge in [0.25, 0.3) is 0 Å². The zero-order valence-electron chi connectivity index (χ0n) is 10.7. The zero-order valence-corrected chi connectivity index (χ0v) is 10.7. The van der Waals surface area contributed by atoms with Crippen LogP contribution < -0.4 is 5.73 Å². The van der Waals surface area contributed by atoms with Gasteiger partial charge in [-0.3, -0.25) is 4.68 Å². The van der Waals surface area contributed by atoms with Crippen LogP contribution in [-0.2, 0) is 6.54 Å². The number of aryl methyl sites for hydroxylation is 2. The SMILES string of the molecule is CCCn1nc(C)c(-c2ccc(N)cc2)c1C. The van der Waals surface area contributed by atoms with Crippen LogP contribution in [0, 0.1) is 13.8 Å². The largest absolute Gasteiger partial charge is 0.399 e. The fourth-order valence-corrected chi connectivity index (χ4v) is 2.19. The summed E-state index contributed by atoms with van der Waals surface area (Å²) in [5, 5.41) is 4.58. The molecule has 2 aromatic rings. The molecule has 2 N–H and O–H groups in total. The molecule has 3 heteroatoms. The predicted octanol–water partition coefficient (Wildman–Crippen LogP) is 3.16. The molecule has 1 aromatic heterocycles. The molecule has 0 bridgehead atoms. The van der Waals surface area contributed by atoms with E-state index in [1.165, 1.54) is 16.8 Å². The lowest BCUT2D eigenvalue weighted by Gasteiger charge is -2.04. The van der Waals surface area contributed by atoms with E-state index < -0.39 is 0 Å². The molecular formula is C14H19N3. The van der Waals surface area contributed by atoms with Gasteiger partial charge in [-0.1, -0.05) is 19.1 Å². The maximum Gasteiger partial charge on any atom is 0.0674 e.